The molecule has 3 aromatic rings. The van der Waals surface area contributed by atoms with Crippen LogP contribution >= 0.6 is 0 Å². The lowest BCUT2D eigenvalue weighted by Crippen LogP contribution is -2.58. The van der Waals surface area contributed by atoms with Crippen molar-refractivity contribution in [3.8, 4) is 0 Å². The van der Waals surface area contributed by atoms with Crippen LogP contribution in [0.15, 0.2) is 54.7 Å². The smallest absolute Gasteiger partial charge is 0.0456 e. The Morgan fingerprint density at radius 2 is 1.92 bits per heavy atom. The van der Waals surface area contributed by atoms with Crippen molar-refractivity contribution in [2.24, 2.45) is 5.92 Å². The number of para-hydroxylation sites is 1. The van der Waals surface area contributed by atoms with Gasteiger partial charge in [0.1, 0.15) is 0 Å². The molecule has 1 N–H and O–H groups in total. The van der Waals surface area contributed by atoms with Gasteiger partial charge in [-0.15, -0.1) is 0 Å². The second kappa shape index (κ2) is 5.99. The van der Waals surface area contributed by atoms with E-state index in [2.05, 4.69) is 78.5 Å². The number of hydrogen-bond donors (Lipinski definition) is 1. The third-order valence-electron chi connectivity index (χ3n) is 7.37. The zero-order chi connectivity index (χ0) is 17.7. The molecular formula is C24H28N2. The molecule has 1 aliphatic heterocycles. The number of rotatable bonds is 3. The minimum atomic E-state index is 0.344. The highest BCUT2D eigenvalue weighted by Crippen LogP contribution is 2.48. The van der Waals surface area contributed by atoms with E-state index < -0.39 is 0 Å². The van der Waals surface area contributed by atoms with Crippen molar-refractivity contribution >= 4 is 10.9 Å². The Balaban J connectivity index is 1.39. The van der Waals surface area contributed by atoms with E-state index >= 15 is 0 Å². The van der Waals surface area contributed by atoms with Gasteiger partial charge in [0, 0.05) is 29.7 Å². The first-order valence-electron chi connectivity index (χ1n) is 10.0. The summed E-state index contributed by atoms with van der Waals surface area (Å²) < 4.78 is 0. The molecule has 2 aliphatic rings. The van der Waals surface area contributed by atoms with Crippen LogP contribution < -0.4 is 0 Å². The third kappa shape index (κ3) is 2.35. The van der Waals surface area contributed by atoms with Gasteiger partial charge in [0.05, 0.1) is 0 Å². The van der Waals surface area contributed by atoms with E-state index in [1.807, 2.05) is 0 Å². The Morgan fingerprint density at radius 1 is 1.12 bits per heavy atom. The number of likely N-dealkylation sites (tertiary alicyclic amines) is 1. The predicted molar refractivity (Wildman–Crippen MR) is 109 cm³/mol. The molecule has 0 amide bonds. The lowest BCUT2D eigenvalue weighted by Gasteiger charge is -2.54. The van der Waals surface area contributed by atoms with Crippen LogP contribution in [0.1, 0.15) is 37.0 Å². The molecule has 134 valence electrons. The van der Waals surface area contributed by atoms with Gasteiger partial charge < -0.3 is 4.98 Å². The molecule has 2 aromatic carbocycles. The highest BCUT2D eigenvalue weighted by molar-refractivity contribution is 5.83. The van der Waals surface area contributed by atoms with Gasteiger partial charge in [0.25, 0.3) is 0 Å². The Morgan fingerprint density at radius 3 is 2.85 bits per heavy atom. The topological polar surface area (TPSA) is 19.0 Å². The summed E-state index contributed by atoms with van der Waals surface area (Å²) in [6.45, 7) is 7.37. The molecule has 1 aromatic heterocycles. The fourth-order valence-corrected chi connectivity index (χ4v) is 5.56. The minimum absolute atomic E-state index is 0.344. The van der Waals surface area contributed by atoms with Crippen molar-refractivity contribution in [1.82, 2.24) is 9.88 Å². The maximum absolute atomic E-state index is 3.43. The van der Waals surface area contributed by atoms with Gasteiger partial charge in [0.15, 0.2) is 0 Å². The first-order chi connectivity index (χ1) is 12.7. The fraction of sp³-hybridized carbons (Fsp3) is 0.417. The molecule has 2 bridgehead atoms. The lowest BCUT2D eigenvalue weighted by molar-refractivity contribution is 0.0324. The number of piperidine rings is 1. The van der Waals surface area contributed by atoms with Crippen molar-refractivity contribution in [2.45, 2.75) is 44.6 Å². The molecule has 1 aliphatic carbocycles. The SMILES string of the molecule is CC1C2Cc3ccccc3C1(C)CCN2CCc1c[nH]c2ccccc12. The maximum atomic E-state index is 3.43. The average Bonchev–Trinajstić information content (AvgIpc) is 3.07. The van der Waals surface area contributed by atoms with Crippen LogP contribution in [0.4, 0.5) is 0 Å². The largest absolute Gasteiger partial charge is 0.361 e. The summed E-state index contributed by atoms with van der Waals surface area (Å²) in [4.78, 5) is 6.20. The molecule has 3 atom stereocenters. The molecule has 5 rings (SSSR count). The van der Waals surface area contributed by atoms with Crippen LogP contribution in [0.2, 0.25) is 0 Å². The van der Waals surface area contributed by atoms with Gasteiger partial charge in [0.2, 0.25) is 0 Å². The number of benzene rings is 2. The van der Waals surface area contributed by atoms with Gasteiger partial charge in [-0.3, -0.25) is 4.90 Å². The van der Waals surface area contributed by atoms with Gasteiger partial charge in [-0.05, 0) is 59.9 Å². The average molecular weight is 345 g/mol. The van der Waals surface area contributed by atoms with Crippen LogP contribution in [-0.2, 0) is 18.3 Å². The first-order valence-corrected chi connectivity index (χ1v) is 10.0. The van der Waals surface area contributed by atoms with Crippen LogP contribution in [0.5, 0.6) is 0 Å². The summed E-state index contributed by atoms with van der Waals surface area (Å²) in [5.41, 5.74) is 6.25. The number of nitrogens with zero attached hydrogens (tertiary/aromatic N) is 1. The summed E-state index contributed by atoms with van der Waals surface area (Å²) in [6, 6.07) is 18.5. The predicted octanol–water partition coefficient (Wildman–Crippen LogP) is 4.93. The van der Waals surface area contributed by atoms with Crippen molar-refractivity contribution in [3.63, 3.8) is 0 Å². The Labute approximate surface area is 156 Å². The molecule has 2 heterocycles. The second-order valence-electron chi connectivity index (χ2n) is 8.53. The highest BCUT2D eigenvalue weighted by Gasteiger charge is 2.47. The lowest BCUT2D eigenvalue weighted by atomic mass is 9.59. The van der Waals surface area contributed by atoms with E-state index in [4.69, 9.17) is 0 Å². The number of fused-ring (bicyclic) bond motifs is 5. The van der Waals surface area contributed by atoms with E-state index in [1.54, 1.807) is 11.1 Å². The molecule has 0 spiro atoms. The number of hydrogen-bond acceptors (Lipinski definition) is 1. The second-order valence-corrected chi connectivity index (χ2v) is 8.53. The maximum Gasteiger partial charge on any atom is 0.0456 e. The molecule has 0 saturated carbocycles. The Bertz CT molecular complexity index is 940. The van der Waals surface area contributed by atoms with Crippen LogP contribution in [0.25, 0.3) is 10.9 Å². The molecule has 1 saturated heterocycles. The summed E-state index contributed by atoms with van der Waals surface area (Å²) >= 11 is 0. The van der Waals surface area contributed by atoms with Crippen molar-refractivity contribution in [2.75, 3.05) is 13.1 Å². The summed E-state index contributed by atoms with van der Waals surface area (Å²) in [5, 5.41) is 1.39. The van der Waals surface area contributed by atoms with E-state index in [-0.39, 0.29) is 0 Å². The standard InChI is InChI=1S/C24H28N2/c1-17-23-15-18-7-3-5-9-21(18)24(17,2)12-14-26(23)13-11-19-16-25-22-10-6-4-8-20(19)22/h3-10,16-17,23,25H,11-15H2,1-2H3. The Kier molecular flexibility index (Phi) is 3.72. The van der Waals surface area contributed by atoms with Crippen molar-refractivity contribution in [1.29, 1.82) is 0 Å². The quantitative estimate of drug-likeness (QED) is 0.713. The number of aromatic nitrogens is 1. The molecular weight excluding hydrogens is 316 g/mol. The Hall–Kier alpha value is -2.06. The van der Waals surface area contributed by atoms with E-state index in [1.165, 1.54) is 35.9 Å². The molecule has 26 heavy (non-hydrogen) atoms. The summed E-state index contributed by atoms with van der Waals surface area (Å²) in [7, 11) is 0. The van der Waals surface area contributed by atoms with Gasteiger partial charge in [-0.2, -0.15) is 0 Å². The van der Waals surface area contributed by atoms with Crippen LogP contribution in [0, 0.1) is 5.92 Å². The van der Waals surface area contributed by atoms with E-state index in [9.17, 15) is 0 Å². The van der Waals surface area contributed by atoms with Gasteiger partial charge >= 0.3 is 0 Å². The van der Waals surface area contributed by atoms with Gasteiger partial charge in [-0.1, -0.05) is 56.3 Å². The van der Waals surface area contributed by atoms with Crippen molar-refractivity contribution < 1.29 is 0 Å². The first kappa shape index (κ1) is 16.1. The molecule has 3 unspecified atom stereocenters. The normalized spacial score (nSPS) is 28.2. The molecule has 0 radical (unpaired) electrons. The summed E-state index contributed by atoms with van der Waals surface area (Å²) in [5.74, 6) is 0.717. The van der Waals surface area contributed by atoms with Crippen LogP contribution in [0.3, 0.4) is 0 Å². The molecule has 1 fully saturated rings. The number of aromatic amines is 1. The van der Waals surface area contributed by atoms with Crippen molar-refractivity contribution in [3.05, 3.63) is 71.4 Å². The molecule has 2 heteroatoms. The highest BCUT2D eigenvalue weighted by atomic mass is 15.2. The monoisotopic (exact) mass is 344 g/mol. The number of H-pyrrole nitrogens is 1. The fourth-order valence-electron chi connectivity index (χ4n) is 5.56. The van der Waals surface area contributed by atoms with Gasteiger partial charge in [-0.25, -0.2) is 0 Å². The van der Waals surface area contributed by atoms with Crippen LogP contribution in [-0.4, -0.2) is 29.0 Å². The van der Waals surface area contributed by atoms with E-state index in [0.717, 1.165) is 13.0 Å². The summed E-state index contributed by atoms with van der Waals surface area (Å²) in [6.07, 6.45) is 5.82. The third-order valence-corrected chi connectivity index (χ3v) is 7.37. The zero-order valence-electron chi connectivity index (χ0n) is 15.8. The zero-order valence-corrected chi connectivity index (χ0v) is 15.8. The number of nitrogens with one attached hydrogen (secondary N) is 1. The minimum Gasteiger partial charge on any atom is -0.361 e. The molecule has 2 nitrogen and oxygen atoms in total. The van der Waals surface area contributed by atoms with E-state index in [0.29, 0.717) is 17.4 Å².